The third kappa shape index (κ3) is 5.09. The molecule has 0 bridgehead atoms. The molecule has 0 saturated carbocycles. The number of hydrogen-bond donors (Lipinski definition) is 2. The van der Waals surface area contributed by atoms with Crippen molar-refractivity contribution in [3.05, 3.63) is 23.8 Å². The molecule has 0 unspecified atom stereocenters. The molecule has 19 heavy (non-hydrogen) atoms. The van der Waals surface area contributed by atoms with Crippen LogP contribution in [0.4, 0.5) is 14.5 Å². The summed E-state index contributed by atoms with van der Waals surface area (Å²) in [6.45, 7) is 0.852. The van der Waals surface area contributed by atoms with Gasteiger partial charge in [-0.25, -0.2) is 21.9 Å². The monoisotopic (exact) mass is 294 g/mol. The summed E-state index contributed by atoms with van der Waals surface area (Å²) in [6.07, 6.45) is -2.57. The molecule has 0 heterocycles. The van der Waals surface area contributed by atoms with Crippen molar-refractivity contribution in [2.45, 2.75) is 18.2 Å². The first-order chi connectivity index (χ1) is 8.83. The molecule has 1 aromatic carbocycles. The minimum atomic E-state index is -3.75. The zero-order valence-corrected chi connectivity index (χ0v) is 11.2. The number of nitrogens with one attached hydrogen (secondary N) is 1. The lowest BCUT2D eigenvalue weighted by atomic mass is 10.2. The number of halogens is 2. The number of benzene rings is 1. The van der Waals surface area contributed by atoms with Crippen molar-refractivity contribution in [2.24, 2.45) is 0 Å². The Morgan fingerprint density at radius 1 is 1.42 bits per heavy atom. The van der Waals surface area contributed by atoms with Gasteiger partial charge >= 0.3 is 0 Å². The van der Waals surface area contributed by atoms with Crippen LogP contribution in [0.25, 0.3) is 0 Å². The third-order valence-corrected chi connectivity index (χ3v) is 3.77. The number of anilines is 1. The van der Waals surface area contributed by atoms with E-state index < -0.39 is 23.1 Å². The average molecular weight is 294 g/mol. The molecule has 0 atom stereocenters. The van der Waals surface area contributed by atoms with Crippen LogP contribution in [0.5, 0.6) is 0 Å². The Hall–Kier alpha value is -1.25. The summed E-state index contributed by atoms with van der Waals surface area (Å²) < 4.78 is 54.1. The standard InChI is InChI=1S/C11H16F2N2O3S/c1-8-2-3-10(9(14)6-8)19(16,17)15-4-5-18-7-11(12)13/h2-3,6,11,15H,4-5,7,14H2,1H3. The molecule has 1 rings (SSSR count). The molecule has 0 aliphatic rings. The zero-order chi connectivity index (χ0) is 14.5. The maximum atomic E-state index is 11.9. The lowest BCUT2D eigenvalue weighted by Gasteiger charge is -2.10. The molecule has 0 aliphatic heterocycles. The van der Waals surface area contributed by atoms with Crippen LogP contribution in [-0.4, -0.2) is 34.6 Å². The molecular weight excluding hydrogens is 278 g/mol. The molecule has 1 aromatic rings. The smallest absolute Gasteiger partial charge is 0.261 e. The summed E-state index contributed by atoms with van der Waals surface area (Å²) >= 11 is 0. The predicted octanol–water partition coefficient (Wildman–Crippen LogP) is 1.14. The largest absolute Gasteiger partial charge is 0.398 e. The fourth-order valence-corrected chi connectivity index (χ4v) is 2.53. The van der Waals surface area contributed by atoms with Crippen molar-refractivity contribution in [1.82, 2.24) is 4.72 Å². The van der Waals surface area contributed by atoms with Crippen LogP contribution in [0.2, 0.25) is 0 Å². The maximum Gasteiger partial charge on any atom is 0.261 e. The van der Waals surface area contributed by atoms with Crippen molar-refractivity contribution in [3.8, 4) is 0 Å². The number of nitrogens with two attached hydrogens (primary N) is 1. The van der Waals surface area contributed by atoms with Crippen LogP contribution in [-0.2, 0) is 14.8 Å². The van der Waals surface area contributed by atoms with E-state index in [2.05, 4.69) is 9.46 Å². The second-order valence-corrected chi connectivity index (χ2v) is 5.64. The summed E-state index contributed by atoms with van der Waals surface area (Å²) in [5.74, 6) is 0. The minimum absolute atomic E-state index is 0.0352. The molecule has 5 nitrogen and oxygen atoms in total. The fourth-order valence-electron chi connectivity index (χ4n) is 1.41. The fraction of sp³-hybridized carbons (Fsp3) is 0.455. The van der Waals surface area contributed by atoms with Crippen LogP contribution >= 0.6 is 0 Å². The molecule has 108 valence electrons. The van der Waals surface area contributed by atoms with Crippen LogP contribution in [0.3, 0.4) is 0 Å². The normalized spacial score (nSPS) is 12.0. The molecule has 0 saturated heterocycles. The molecule has 0 fully saturated rings. The SMILES string of the molecule is Cc1ccc(S(=O)(=O)NCCOCC(F)F)c(N)c1. The average Bonchev–Trinajstić information content (AvgIpc) is 2.27. The van der Waals surface area contributed by atoms with E-state index in [9.17, 15) is 17.2 Å². The summed E-state index contributed by atoms with van der Waals surface area (Å²) in [7, 11) is -3.75. The summed E-state index contributed by atoms with van der Waals surface area (Å²) in [5.41, 5.74) is 6.61. The van der Waals surface area contributed by atoms with E-state index in [0.29, 0.717) is 0 Å². The Bertz CT molecular complexity index is 521. The number of sulfonamides is 1. The first-order valence-electron chi connectivity index (χ1n) is 5.54. The second-order valence-electron chi connectivity index (χ2n) is 3.91. The van der Waals surface area contributed by atoms with Gasteiger partial charge in [-0.05, 0) is 24.6 Å². The van der Waals surface area contributed by atoms with Gasteiger partial charge < -0.3 is 10.5 Å². The summed E-state index contributed by atoms with van der Waals surface area (Å²) in [4.78, 5) is -0.0352. The van der Waals surface area contributed by atoms with Gasteiger partial charge in [0, 0.05) is 6.54 Å². The van der Waals surface area contributed by atoms with E-state index in [1.165, 1.54) is 6.07 Å². The van der Waals surface area contributed by atoms with Crippen LogP contribution < -0.4 is 10.5 Å². The van der Waals surface area contributed by atoms with Gasteiger partial charge in [0.25, 0.3) is 6.43 Å². The van der Waals surface area contributed by atoms with E-state index in [4.69, 9.17) is 5.73 Å². The van der Waals surface area contributed by atoms with E-state index in [-0.39, 0.29) is 23.7 Å². The number of alkyl halides is 2. The highest BCUT2D eigenvalue weighted by molar-refractivity contribution is 7.89. The van der Waals surface area contributed by atoms with Gasteiger partial charge in [0.15, 0.2) is 0 Å². The van der Waals surface area contributed by atoms with Gasteiger partial charge in [0.1, 0.15) is 11.5 Å². The number of ether oxygens (including phenoxy) is 1. The first kappa shape index (κ1) is 15.8. The highest BCUT2D eigenvalue weighted by Crippen LogP contribution is 2.18. The number of nitrogen functional groups attached to an aromatic ring is 1. The summed E-state index contributed by atoms with van der Waals surface area (Å²) in [5, 5.41) is 0. The van der Waals surface area contributed by atoms with Crippen LogP contribution in [0, 0.1) is 6.92 Å². The maximum absolute atomic E-state index is 11.9. The van der Waals surface area contributed by atoms with E-state index in [1.807, 2.05) is 0 Å². The Morgan fingerprint density at radius 2 is 2.11 bits per heavy atom. The van der Waals surface area contributed by atoms with Crippen molar-refractivity contribution < 1.29 is 21.9 Å². The Morgan fingerprint density at radius 3 is 2.68 bits per heavy atom. The molecule has 8 heteroatoms. The van der Waals surface area contributed by atoms with E-state index >= 15 is 0 Å². The van der Waals surface area contributed by atoms with Gasteiger partial charge in [-0.2, -0.15) is 0 Å². The molecule has 3 N–H and O–H groups in total. The molecule has 0 amide bonds. The Kier molecular flexibility index (Phi) is 5.64. The highest BCUT2D eigenvalue weighted by atomic mass is 32.2. The number of aryl methyl sites for hydroxylation is 1. The predicted molar refractivity (Wildman–Crippen MR) is 67.6 cm³/mol. The highest BCUT2D eigenvalue weighted by Gasteiger charge is 2.16. The van der Waals surface area contributed by atoms with Crippen LogP contribution in [0.1, 0.15) is 5.56 Å². The minimum Gasteiger partial charge on any atom is -0.398 e. The van der Waals surface area contributed by atoms with Crippen molar-refractivity contribution >= 4 is 15.7 Å². The zero-order valence-electron chi connectivity index (χ0n) is 10.4. The Balaban J connectivity index is 2.56. The third-order valence-electron chi connectivity index (χ3n) is 2.24. The topological polar surface area (TPSA) is 81.4 Å². The van der Waals surface area contributed by atoms with E-state index in [1.54, 1.807) is 19.1 Å². The number of hydrogen-bond acceptors (Lipinski definition) is 4. The summed E-state index contributed by atoms with van der Waals surface area (Å²) in [6, 6.07) is 4.56. The number of rotatable bonds is 7. The second kappa shape index (κ2) is 6.78. The van der Waals surface area contributed by atoms with Gasteiger partial charge in [-0.15, -0.1) is 0 Å². The lowest BCUT2D eigenvalue weighted by molar-refractivity contribution is 0.0199. The van der Waals surface area contributed by atoms with Gasteiger partial charge in [-0.1, -0.05) is 6.07 Å². The quantitative estimate of drug-likeness (QED) is 0.583. The van der Waals surface area contributed by atoms with Crippen molar-refractivity contribution in [1.29, 1.82) is 0 Å². The van der Waals surface area contributed by atoms with Crippen molar-refractivity contribution in [2.75, 3.05) is 25.5 Å². The van der Waals surface area contributed by atoms with Crippen LogP contribution in [0.15, 0.2) is 23.1 Å². The molecule has 0 radical (unpaired) electrons. The molecular formula is C11H16F2N2O3S. The first-order valence-corrected chi connectivity index (χ1v) is 7.03. The van der Waals surface area contributed by atoms with Gasteiger partial charge in [0.05, 0.1) is 12.3 Å². The van der Waals surface area contributed by atoms with Gasteiger partial charge in [-0.3, -0.25) is 0 Å². The molecule has 0 spiro atoms. The lowest BCUT2D eigenvalue weighted by Crippen LogP contribution is -2.28. The van der Waals surface area contributed by atoms with Crippen molar-refractivity contribution in [3.63, 3.8) is 0 Å². The van der Waals surface area contributed by atoms with E-state index in [0.717, 1.165) is 5.56 Å². The molecule has 0 aromatic heterocycles. The Labute approximate surface area is 110 Å². The van der Waals surface area contributed by atoms with Gasteiger partial charge in [0.2, 0.25) is 10.0 Å². The molecule has 0 aliphatic carbocycles.